The van der Waals surface area contributed by atoms with Crippen LogP contribution in [0.25, 0.3) is 0 Å². The van der Waals surface area contributed by atoms with Crippen molar-refractivity contribution in [2.45, 2.75) is 18.4 Å². The van der Waals surface area contributed by atoms with Crippen molar-refractivity contribution in [3.8, 4) is 0 Å². The molecule has 4 nitrogen and oxygen atoms in total. The summed E-state index contributed by atoms with van der Waals surface area (Å²) in [6.07, 6.45) is 2.21. The fourth-order valence-corrected chi connectivity index (χ4v) is 2.64. The molecule has 2 aromatic carbocycles. The summed E-state index contributed by atoms with van der Waals surface area (Å²) >= 11 is 0. The van der Waals surface area contributed by atoms with Gasteiger partial charge in [-0.15, -0.1) is 6.58 Å². The van der Waals surface area contributed by atoms with Gasteiger partial charge in [0.25, 0.3) is 5.91 Å². The third-order valence-electron chi connectivity index (χ3n) is 3.81. The van der Waals surface area contributed by atoms with Crippen molar-refractivity contribution in [3.05, 3.63) is 84.4 Å². The molecule has 0 unspecified atom stereocenters. The fraction of sp³-hybridized carbons (Fsp3) is 0.200. The lowest BCUT2D eigenvalue weighted by Gasteiger charge is -2.31. The number of rotatable bonds is 7. The molecule has 0 spiro atoms. The Morgan fingerprint density at radius 3 is 2.21 bits per heavy atom. The predicted octanol–water partition coefficient (Wildman–Crippen LogP) is 3.15. The van der Waals surface area contributed by atoms with Gasteiger partial charge in [0.1, 0.15) is 5.54 Å². The molecule has 2 rings (SSSR count). The lowest BCUT2D eigenvalue weighted by atomic mass is 9.87. The first kappa shape index (κ1) is 17.5. The van der Waals surface area contributed by atoms with Crippen molar-refractivity contribution in [3.63, 3.8) is 0 Å². The van der Waals surface area contributed by atoms with Crippen LogP contribution >= 0.6 is 0 Å². The quantitative estimate of drug-likeness (QED) is 0.629. The summed E-state index contributed by atoms with van der Waals surface area (Å²) in [5.74, 6) is -0.811. The number of hydrogen-bond donors (Lipinski definition) is 1. The van der Waals surface area contributed by atoms with Gasteiger partial charge in [0.15, 0.2) is 0 Å². The predicted molar refractivity (Wildman–Crippen MR) is 93.6 cm³/mol. The van der Waals surface area contributed by atoms with Crippen LogP contribution in [0.2, 0.25) is 0 Å². The highest BCUT2D eigenvalue weighted by Crippen LogP contribution is 2.21. The van der Waals surface area contributed by atoms with Gasteiger partial charge in [0.2, 0.25) is 0 Å². The summed E-state index contributed by atoms with van der Waals surface area (Å²) in [5, 5.41) is 2.86. The summed E-state index contributed by atoms with van der Waals surface area (Å²) in [6, 6.07) is 18.3. The van der Waals surface area contributed by atoms with Crippen LogP contribution in [-0.2, 0) is 16.0 Å². The van der Waals surface area contributed by atoms with Crippen molar-refractivity contribution < 1.29 is 14.3 Å². The second-order valence-corrected chi connectivity index (χ2v) is 5.55. The van der Waals surface area contributed by atoms with Crippen LogP contribution in [0, 0.1) is 0 Å². The largest absolute Gasteiger partial charge is 0.467 e. The summed E-state index contributed by atoms with van der Waals surface area (Å²) in [5.41, 5.74) is 0.228. The maximum atomic E-state index is 12.6. The lowest BCUT2D eigenvalue weighted by Crippen LogP contribution is -2.56. The molecule has 0 aliphatic rings. The molecule has 0 aliphatic heterocycles. The molecule has 124 valence electrons. The molecule has 0 fully saturated rings. The third kappa shape index (κ3) is 4.10. The van der Waals surface area contributed by atoms with E-state index in [1.807, 2.05) is 36.4 Å². The molecular formula is C20H21NO3. The van der Waals surface area contributed by atoms with Crippen LogP contribution in [0.4, 0.5) is 0 Å². The highest BCUT2D eigenvalue weighted by atomic mass is 16.5. The van der Waals surface area contributed by atoms with Gasteiger partial charge < -0.3 is 10.1 Å². The lowest BCUT2D eigenvalue weighted by molar-refractivity contribution is -0.148. The summed E-state index contributed by atoms with van der Waals surface area (Å²) in [6.45, 7) is 3.72. The van der Waals surface area contributed by atoms with E-state index < -0.39 is 11.5 Å². The van der Waals surface area contributed by atoms with E-state index in [2.05, 4.69) is 11.9 Å². The van der Waals surface area contributed by atoms with Gasteiger partial charge in [-0.2, -0.15) is 0 Å². The zero-order valence-electron chi connectivity index (χ0n) is 13.7. The molecule has 0 aliphatic carbocycles. The first-order valence-corrected chi connectivity index (χ1v) is 7.72. The van der Waals surface area contributed by atoms with Crippen molar-refractivity contribution in [1.82, 2.24) is 5.32 Å². The topological polar surface area (TPSA) is 55.4 Å². The van der Waals surface area contributed by atoms with Crippen molar-refractivity contribution in [1.29, 1.82) is 0 Å². The summed E-state index contributed by atoms with van der Waals surface area (Å²) in [7, 11) is 1.32. The van der Waals surface area contributed by atoms with E-state index in [0.717, 1.165) is 5.56 Å². The molecule has 24 heavy (non-hydrogen) atoms. The Kier molecular flexibility index (Phi) is 5.90. The van der Waals surface area contributed by atoms with Crippen molar-refractivity contribution in [2.24, 2.45) is 0 Å². The molecule has 2 aromatic rings. The number of ether oxygens (including phenoxy) is 1. The second kappa shape index (κ2) is 8.11. The first-order chi connectivity index (χ1) is 11.6. The van der Waals surface area contributed by atoms with E-state index in [1.54, 1.807) is 30.3 Å². The molecule has 0 heterocycles. The Labute approximate surface area is 142 Å². The minimum Gasteiger partial charge on any atom is -0.467 e. The number of benzene rings is 2. The maximum absolute atomic E-state index is 12.6. The number of esters is 1. The van der Waals surface area contributed by atoms with E-state index in [4.69, 9.17) is 4.74 Å². The van der Waals surface area contributed by atoms with Crippen LogP contribution in [0.5, 0.6) is 0 Å². The van der Waals surface area contributed by atoms with Crippen LogP contribution in [0.15, 0.2) is 73.3 Å². The van der Waals surface area contributed by atoms with Crippen LogP contribution in [0.3, 0.4) is 0 Å². The Hall–Kier alpha value is -2.88. The number of nitrogens with one attached hydrogen (secondary N) is 1. The summed E-state index contributed by atoms with van der Waals surface area (Å²) in [4.78, 5) is 25.1. The van der Waals surface area contributed by atoms with Crippen molar-refractivity contribution in [2.75, 3.05) is 7.11 Å². The molecule has 4 heteroatoms. The van der Waals surface area contributed by atoms with Gasteiger partial charge in [-0.1, -0.05) is 54.6 Å². The van der Waals surface area contributed by atoms with Gasteiger partial charge in [-0.3, -0.25) is 4.79 Å². The average Bonchev–Trinajstić information content (AvgIpc) is 2.62. The first-order valence-electron chi connectivity index (χ1n) is 7.72. The van der Waals surface area contributed by atoms with Gasteiger partial charge in [0.05, 0.1) is 7.11 Å². The van der Waals surface area contributed by atoms with Crippen molar-refractivity contribution >= 4 is 11.9 Å². The van der Waals surface area contributed by atoms with Gasteiger partial charge in [0, 0.05) is 12.0 Å². The molecule has 1 amide bonds. The number of hydrogen-bond acceptors (Lipinski definition) is 3. The number of carbonyl (C=O) groups excluding carboxylic acids is 2. The Balaban J connectivity index is 2.35. The van der Waals surface area contributed by atoms with E-state index in [-0.39, 0.29) is 12.3 Å². The SMILES string of the molecule is C=CC[C@](Cc1ccccc1)(NC(=O)c1ccccc1)C(=O)OC. The number of methoxy groups -OCH3 is 1. The summed E-state index contributed by atoms with van der Waals surface area (Å²) < 4.78 is 4.98. The van der Waals surface area contributed by atoms with E-state index in [0.29, 0.717) is 12.0 Å². The van der Waals surface area contributed by atoms with Crippen LogP contribution in [0.1, 0.15) is 22.3 Å². The standard InChI is InChI=1S/C20H21NO3/c1-3-14-20(19(23)24-2,15-16-10-6-4-7-11-16)21-18(22)17-12-8-5-9-13-17/h3-13H,1,14-15H2,2H3,(H,21,22)/t20-/m1/s1. The minimum absolute atomic E-state index is 0.271. The average molecular weight is 323 g/mol. The smallest absolute Gasteiger partial charge is 0.332 e. The molecule has 1 atom stereocenters. The molecular weight excluding hydrogens is 302 g/mol. The van der Waals surface area contributed by atoms with E-state index >= 15 is 0 Å². The zero-order chi connectivity index (χ0) is 17.4. The molecule has 1 N–H and O–H groups in total. The highest BCUT2D eigenvalue weighted by Gasteiger charge is 2.40. The third-order valence-corrected chi connectivity index (χ3v) is 3.81. The molecule has 0 radical (unpaired) electrons. The monoisotopic (exact) mass is 323 g/mol. The maximum Gasteiger partial charge on any atom is 0.332 e. The Morgan fingerprint density at radius 2 is 1.67 bits per heavy atom. The Morgan fingerprint density at radius 1 is 1.08 bits per heavy atom. The van der Waals surface area contributed by atoms with E-state index in [1.165, 1.54) is 7.11 Å². The number of carbonyl (C=O) groups is 2. The zero-order valence-corrected chi connectivity index (χ0v) is 13.7. The fourth-order valence-electron chi connectivity index (χ4n) is 2.64. The van der Waals surface area contributed by atoms with Gasteiger partial charge in [-0.25, -0.2) is 4.79 Å². The molecule has 0 saturated carbocycles. The second-order valence-electron chi connectivity index (χ2n) is 5.55. The van der Waals surface area contributed by atoms with Gasteiger partial charge >= 0.3 is 5.97 Å². The molecule has 0 aromatic heterocycles. The minimum atomic E-state index is -1.19. The Bertz CT molecular complexity index is 697. The van der Waals surface area contributed by atoms with Gasteiger partial charge in [-0.05, 0) is 24.1 Å². The van der Waals surface area contributed by atoms with Crippen LogP contribution < -0.4 is 5.32 Å². The number of amides is 1. The van der Waals surface area contributed by atoms with Crippen LogP contribution in [-0.4, -0.2) is 24.5 Å². The normalized spacial score (nSPS) is 12.7. The van der Waals surface area contributed by atoms with E-state index in [9.17, 15) is 9.59 Å². The molecule has 0 saturated heterocycles. The highest BCUT2D eigenvalue weighted by molar-refractivity contribution is 5.98. The molecule has 0 bridgehead atoms.